The molecule has 2 amide bonds. The molecule has 4 nitrogen and oxygen atoms in total. The molecule has 5 heteroatoms. The molecule has 3 heterocycles. The van der Waals surface area contributed by atoms with Crippen LogP contribution in [0.15, 0.2) is 29.2 Å². The van der Waals surface area contributed by atoms with Crippen LogP contribution >= 0.6 is 11.8 Å². The van der Waals surface area contributed by atoms with Gasteiger partial charge in [0.05, 0.1) is 6.04 Å². The van der Waals surface area contributed by atoms with Crippen molar-refractivity contribution in [1.82, 2.24) is 15.5 Å². The molecule has 4 rings (SSSR count). The van der Waals surface area contributed by atoms with Crippen molar-refractivity contribution in [2.24, 2.45) is 0 Å². The Bertz CT molecular complexity index is 579. The first-order valence-electron chi connectivity index (χ1n) is 8.84. The van der Waals surface area contributed by atoms with Gasteiger partial charge in [0.1, 0.15) is 0 Å². The van der Waals surface area contributed by atoms with E-state index in [4.69, 9.17) is 0 Å². The van der Waals surface area contributed by atoms with Crippen molar-refractivity contribution in [2.75, 3.05) is 18.8 Å². The van der Waals surface area contributed by atoms with Crippen molar-refractivity contribution in [2.45, 2.75) is 55.1 Å². The molecule has 0 spiro atoms. The van der Waals surface area contributed by atoms with Gasteiger partial charge in [0.25, 0.3) is 0 Å². The number of carbonyl (C=O) groups excluding carboxylic acids is 1. The lowest BCUT2D eigenvalue weighted by atomic mass is 9.99. The summed E-state index contributed by atoms with van der Waals surface area (Å²) >= 11 is 1.89. The average molecular weight is 331 g/mol. The molecule has 0 aromatic heterocycles. The zero-order valence-corrected chi connectivity index (χ0v) is 14.3. The van der Waals surface area contributed by atoms with Crippen molar-refractivity contribution in [3.63, 3.8) is 0 Å². The van der Waals surface area contributed by atoms with Gasteiger partial charge in [0.2, 0.25) is 0 Å². The van der Waals surface area contributed by atoms with Crippen molar-refractivity contribution in [3.8, 4) is 0 Å². The smallest absolute Gasteiger partial charge is 0.315 e. The molecule has 1 aromatic rings. The largest absolute Gasteiger partial charge is 0.334 e. The topological polar surface area (TPSA) is 44.4 Å². The highest BCUT2D eigenvalue weighted by Crippen LogP contribution is 2.35. The summed E-state index contributed by atoms with van der Waals surface area (Å²) < 4.78 is 0. The van der Waals surface area contributed by atoms with E-state index in [-0.39, 0.29) is 12.1 Å². The van der Waals surface area contributed by atoms with Gasteiger partial charge >= 0.3 is 6.03 Å². The van der Waals surface area contributed by atoms with Crippen molar-refractivity contribution < 1.29 is 4.79 Å². The highest BCUT2D eigenvalue weighted by atomic mass is 32.2. The molecule has 0 aliphatic carbocycles. The summed E-state index contributed by atoms with van der Waals surface area (Å²) in [4.78, 5) is 16.4. The molecule has 3 aliphatic rings. The van der Waals surface area contributed by atoms with E-state index in [0.29, 0.717) is 12.1 Å². The number of hydrogen-bond acceptors (Lipinski definition) is 3. The van der Waals surface area contributed by atoms with E-state index in [1.165, 1.54) is 36.3 Å². The van der Waals surface area contributed by atoms with Crippen molar-refractivity contribution >= 4 is 17.8 Å². The van der Waals surface area contributed by atoms with Crippen LogP contribution in [0.1, 0.15) is 43.7 Å². The molecule has 0 unspecified atom stereocenters. The van der Waals surface area contributed by atoms with E-state index in [1.807, 2.05) is 11.8 Å². The quantitative estimate of drug-likeness (QED) is 0.875. The second kappa shape index (κ2) is 6.73. The predicted octanol–water partition coefficient (Wildman–Crippen LogP) is 3.15. The lowest BCUT2D eigenvalue weighted by molar-refractivity contribution is 0.178. The maximum atomic E-state index is 12.5. The SMILES string of the molecule is O=C(N[C@@H]1CCSc2ccccc21)N[C@@H]1CCN2CCCC[C@@H]12. The summed E-state index contributed by atoms with van der Waals surface area (Å²) in [5, 5.41) is 6.47. The summed E-state index contributed by atoms with van der Waals surface area (Å²) in [7, 11) is 0. The third kappa shape index (κ3) is 3.22. The fourth-order valence-electron chi connectivity index (χ4n) is 4.28. The van der Waals surface area contributed by atoms with Crippen LogP contribution in [0.25, 0.3) is 0 Å². The van der Waals surface area contributed by atoms with Crippen LogP contribution in [-0.2, 0) is 0 Å². The van der Waals surface area contributed by atoms with Gasteiger partial charge in [-0.1, -0.05) is 24.6 Å². The van der Waals surface area contributed by atoms with Crippen LogP contribution in [0.2, 0.25) is 0 Å². The van der Waals surface area contributed by atoms with E-state index in [2.05, 4.69) is 39.8 Å². The van der Waals surface area contributed by atoms with Crippen LogP contribution in [0.5, 0.6) is 0 Å². The Morgan fingerprint density at radius 1 is 1.09 bits per heavy atom. The Morgan fingerprint density at radius 3 is 2.96 bits per heavy atom. The number of piperidine rings is 1. The Labute approximate surface area is 142 Å². The Kier molecular flexibility index (Phi) is 4.49. The molecule has 124 valence electrons. The molecule has 1 aromatic carbocycles. The van der Waals surface area contributed by atoms with E-state index in [1.54, 1.807) is 0 Å². The fraction of sp³-hybridized carbons (Fsp3) is 0.611. The van der Waals surface area contributed by atoms with Crippen molar-refractivity contribution in [3.05, 3.63) is 29.8 Å². The standard InChI is InChI=1S/C18H25N3OS/c22-18(20-15-8-11-21-10-4-3-6-16(15)21)19-14-9-12-23-17-7-2-1-5-13(14)17/h1-2,5,7,14-16H,3-4,6,8-12H2,(H2,19,20,22)/t14-,15-,16+/m1/s1. The van der Waals surface area contributed by atoms with Crippen LogP contribution in [-0.4, -0.2) is 41.9 Å². The van der Waals surface area contributed by atoms with Gasteiger partial charge in [0.15, 0.2) is 0 Å². The minimum absolute atomic E-state index is 0.00845. The Balaban J connectivity index is 1.37. The van der Waals surface area contributed by atoms with E-state index >= 15 is 0 Å². The Hall–Kier alpha value is -1.20. The molecule has 3 aliphatic heterocycles. The number of fused-ring (bicyclic) bond motifs is 2. The lowest BCUT2D eigenvalue weighted by Crippen LogP contribution is -2.50. The molecular weight excluding hydrogens is 306 g/mol. The van der Waals surface area contributed by atoms with Gasteiger partial charge in [0, 0.05) is 29.3 Å². The van der Waals surface area contributed by atoms with Gasteiger partial charge in [-0.2, -0.15) is 0 Å². The first-order chi connectivity index (χ1) is 11.3. The van der Waals surface area contributed by atoms with Crippen LogP contribution < -0.4 is 10.6 Å². The van der Waals surface area contributed by atoms with Gasteiger partial charge in [-0.15, -0.1) is 11.8 Å². The molecule has 2 N–H and O–H groups in total. The fourth-order valence-corrected chi connectivity index (χ4v) is 5.40. The van der Waals surface area contributed by atoms with Gasteiger partial charge in [-0.25, -0.2) is 4.79 Å². The number of carbonyl (C=O) groups is 1. The van der Waals surface area contributed by atoms with E-state index < -0.39 is 0 Å². The van der Waals surface area contributed by atoms with Gasteiger partial charge in [-0.3, -0.25) is 4.90 Å². The minimum Gasteiger partial charge on any atom is -0.334 e. The second-order valence-corrected chi connectivity index (χ2v) is 7.98. The number of nitrogens with zero attached hydrogens (tertiary/aromatic N) is 1. The molecule has 2 fully saturated rings. The maximum Gasteiger partial charge on any atom is 0.315 e. The number of thioether (sulfide) groups is 1. The first kappa shape index (κ1) is 15.3. The maximum absolute atomic E-state index is 12.5. The Morgan fingerprint density at radius 2 is 2.00 bits per heavy atom. The zero-order valence-electron chi connectivity index (χ0n) is 13.5. The van der Waals surface area contributed by atoms with Gasteiger partial charge in [-0.05, 0) is 43.9 Å². The number of nitrogens with one attached hydrogen (secondary N) is 2. The first-order valence-corrected chi connectivity index (χ1v) is 9.82. The lowest BCUT2D eigenvalue weighted by Gasteiger charge is -2.33. The number of rotatable bonds is 2. The van der Waals surface area contributed by atoms with Crippen LogP contribution in [0.3, 0.4) is 0 Å². The second-order valence-electron chi connectivity index (χ2n) is 6.84. The summed E-state index contributed by atoms with van der Waals surface area (Å²) in [6.45, 7) is 2.34. The normalized spacial score (nSPS) is 30.3. The minimum atomic E-state index is 0.00845. The summed E-state index contributed by atoms with van der Waals surface area (Å²) in [6.07, 6.45) is 5.94. The van der Waals surface area contributed by atoms with Crippen molar-refractivity contribution in [1.29, 1.82) is 0 Å². The molecule has 23 heavy (non-hydrogen) atoms. The molecule has 0 saturated carbocycles. The monoisotopic (exact) mass is 331 g/mol. The van der Waals surface area contributed by atoms with E-state index in [0.717, 1.165) is 25.1 Å². The van der Waals surface area contributed by atoms with Gasteiger partial charge < -0.3 is 10.6 Å². The third-order valence-electron chi connectivity index (χ3n) is 5.44. The molecule has 2 saturated heterocycles. The zero-order chi connectivity index (χ0) is 15.6. The summed E-state index contributed by atoms with van der Waals surface area (Å²) in [6, 6.07) is 9.48. The van der Waals surface area contributed by atoms with Crippen LogP contribution in [0.4, 0.5) is 4.79 Å². The van der Waals surface area contributed by atoms with E-state index in [9.17, 15) is 4.79 Å². The number of amides is 2. The third-order valence-corrected chi connectivity index (χ3v) is 6.56. The molecular formula is C18H25N3OS. The summed E-state index contributed by atoms with van der Waals surface area (Å²) in [5.41, 5.74) is 1.27. The highest BCUT2D eigenvalue weighted by molar-refractivity contribution is 7.99. The molecule has 3 atom stereocenters. The number of urea groups is 1. The molecule has 0 radical (unpaired) electrons. The predicted molar refractivity (Wildman–Crippen MR) is 93.8 cm³/mol. The van der Waals surface area contributed by atoms with Crippen LogP contribution in [0, 0.1) is 0 Å². The number of benzene rings is 1. The molecule has 0 bridgehead atoms. The highest BCUT2D eigenvalue weighted by Gasteiger charge is 2.36. The summed E-state index contributed by atoms with van der Waals surface area (Å²) in [5.74, 6) is 1.07. The average Bonchev–Trinajstić information content (AvgIpc) is 2.98. The number of hydrogen-bond donors (Lipinski definition) is 2.